The lowest BCUT2D eigenvalue weighted by Crippen LogP contribution is -2.59. The molecular weight excluding hydrogens is 356 g/mol. The van der Waals surface area contributed by atoms with Gasteiger partial charge in [-0.3, -0.25) is 4.79 Å². The number of ether oxygens (including phenoxy) is 3. The third-order valence-electron chi connectivity index (χ3n) is 5.81. The summed E-state index contributed by atoms with van der Waals surface area (Å²) in [6.45, 7) is 7.15. The number of rotatable bonds is 5. The van der Waals surface area contributed by atoms with Crippen LogP contribution in [0, 0.1) is 5.41 Å². The quantitative estimate of drug-likeness (QED) is 0.373. The molecule has 0 unspecified atom stereocenters. The summed E-state index contributed by atoms with van der Waals surface area (Å²) in [5, 5.41) is 39.3. The van der Waals surface area contributed by atoms with Gasteiger partial charge in [-0.25, -0.2) is 0 Å². The van der Waals surface area contributed by atoms with E-state index in [9.17, 15) is 25.2 Å². The Kier molecular flexibility index (Phi) is 5.80. The predicted molar refractivity (Wildman–Crippen MR) is 93.7 cm³/mol. The van der Waals surface area contributed by atoms with Gasteiger partial charge in [0.25, 0.3) is 0 Å². The van der Waals surface area contributed by atoms with Crippen LogP contribution in [0.15, 0.2) is 11.1 Å². The zero-order valence-corrected chi connectivity index (χ0v) is 16.2. The van der Waals surface area contributed by atoms with Crippen molar-refractivity contribution in [2.75, 3.05) is 6.61 Å². The molecule has 0 spiro atoms. The molecule has 0 saturated carbocycles. The third kappa shape index (κ3) is 3.98. The molecule has 0 aromatic rings. The summed E-state index contributed by atoms with van der Waals surface area (Å²) >= 11 is 0. The van der Waals surface area contributed by atoms with Gasteiger partial charge >= 0.3 is 0 Å². The van der Waals surface area contributed by atoms with Gasteiger partial charge in [-0.15, -0.1) is 0 Å². The van der Waals surface area contributed by atoms with Gasteiger partial charge in [0.1, 0.15) is 36.6 Å². The van der Waals surface area contributed by atoms with Crippen LogP contribution >= 0.6 is 0 Å². The average Bonchev–Trinajstić information content (AvgIpc) is 3.34. The van der Waals surface area contributed by atoms with Crippen LogP contribution in [0.4, 0.5) is 0 Å². The summed E-state index contributed by atoms with van der Waals surface area (Å²) in [7, 11) is 0. The van der Waals surface area contributed by atoms with Gasteiger partial charge in [-0.2, -0.15) is 0 Å². The van der Waals surface area contributed by atoms with Gasteiger partial charge < -0.3 is 34.6 Å². The Hall–Kier alpha value is -0.870. The van der Waals surface area contributed by atoms with E-state index in [2.05, 4.69) is 13.8 Å². The summed E-state index contributed by atoms with van der Waals surface area (Å²) < 4.78 is 17.0. The molecule has 2 aliphatic heterocycles. The van der Waals surface area contributed by atoms with Crippen molar-refractivity contribution >= 4 is 5.78 Å². The fourth-order valence-electron chi connectivity index (χ4n) is 4.52. The Morgan fingerprint density at radius 1 is 1.19 bits per heavy atom. The molecule has 154 valence electrons. The normalized spacial score (nSPS) is 44.3. The minimum absolute atomic E-state index is 0.0239. The maximum atomic E-state index is 11.6. The maximum absolute atomic E-state index is 11.6. The van der Waals surface area contributed by atoms with Crippen molar-refractivity contribution in [2.45, 2.75) is 89.6 Å². The molecule has 0 radical (unpaired) electrons. The number of carbonyl (C=O) groups is 1. The number of hydrogen-bond acceptors (Lipinski definition) is 8. The highest BCUT2D eigenvalue weighted by molar-refractivity contribution is 5.84. The van der Waals surface area contributed by atoms with Gasteiger partial charge in [0.2, 0.25) is 0 Å². The maximum Gasteiger partial charge on any atom is 0.186 e. The van der Waals surface area contributed by atoms with Crippen LogP contribution in [0.25, 0.3) is 0 Å². The molecule has 2 heterocycles. The molecule has 2 fully saturated rings. The monoisotopic (exact) mass is 386 g/mol. The largest absolute Gasteiger partial charge is 0.394 e. The Labute approximate surface area is 158 Å². The molecule has 0 aromatic carbocycles. The van der Waals surface area contributed by atoms with Crippen LogP contribution in [-0.4, -0.2) is 81.8 Å². The molecule has 0 bridgehead atoms. The molecule has 2 saturated heterocycles. The zero-order valence-electron chi connectivity index (χ0n) is 16.2. The van der Waals surface area contributed by atoms with E-state index in [1.54, 1.807) is 0 Å². The fourth-order valence-corrected chi connectivity index (χ4v) is 4.52. The molecule has 1 aliphatic carbocycles. The van der Waals surface area contributed by atoms with Gasteiger partial charge in [-0.1, -0.05) is 19.4 Å². The molecular formula is C19H30O8. The Morgan fingerprint density at radius 3 is 2.37 bits per heavy atom. The number of aliphatic hydroxyl groups is 4. The van der Waals surface area contributed by atoms with E-state index in [0.717, 1.165) is 11.1 Å². The van der Waals surface area contributed by atoms with Crippen LogP contribution in [0.5, 0.6) is 0 Å². The molecule has 8 heteroatoms. The second-order valence-corrected chi connectivity index (χ2v) is 8.53. The van der Waals surface area contributed by atoms with E-state index in [4.69, 9.17) is 14.2 Å². The fraction of sp³-hybridized carbons (Fsp3) is 0.842. The van der Waals surface area contributed by atoms with Crippen molar-refractivity contribution in [3.63, 3.8) is 0 Å². The number of ketones is 1. The van der Waals surface area contributed by atoms with E-state index < -0.39 is 37.3 Å². The van der Waals surface area contributed by atoms with E-state index in [1.807, 2.05) is 6.92 Å². The Morgan fingerprint density at radius 2 is 1.85 bits per heavy atom. The van der Waals surface area contributed by atoms with Crippen molar-refractivity contribution in [2.24, 2.45) is 5.41 Å². The number of Topliss-reactive ketones (excluding diaryl/α,β-unsaturated/α-hetero) is 1. The molecule has 8 nitrogen and oxygen atoms in total. The van der Waals surface area contributed by atoms with Crippen LogP contribution in [0.1, 0.15) is 40.5 Å². The number of aliphatic hydroxyl groups excluding tert-OH is 4. The molecule has 0 amide bonds. The minimum Gasteiger partial charge on any atom is -0.394 e. The van der Waals surface area contributed by atoms with Gasteiger partial charge in [0.15, 0.2) is 12.1 Å². The third-order valence-corrected chi connectivity index (χ3v) is 5.81. The first-order valence-electron chi connectivity index (χ1n) is 9.39. The van der Waals surface area contributed by atoms with Crippen molar-refractivity contribution < 1.29 is 39.4 Å². The second kappa shape index (κ2) is 7.51. The summed E-state index contributed by atoms with van der Waals surface area (Å²) in [6, 6.07) is 0. The SMILES string of the molecule is CC(=O)[C@@H]1O[C@@H]1C1=C(C)C[C@@H](O[C@H]2O[C@H](CO)[C@H](O)[C@H](O)[C@H]2O)CC1(C)C. The van der Waals surface area contributed by atoms with Crippen molar-refractivity contribution in [1.29, 1.82) is 0 Å². The molecule has 8 atom stereocenters. The highest BCUT2D eigenvalue weighted by atomic mass is 16.7. The highest BCUT2D eigenvalue weighted by Gasteiger charge is 2.52. The standard InChI is InChI=1S/C19H30O8/c1-8-5-10(6-19(3,4)12(8)17-16(27-17)9(2)21)25-18-15(24)14(23)13(22)11(7-20)26-18/h10-11,13-18,20,22-24H,5-7H2,1-4H3/t10-,11-,13+,14+,15-,16+,17-,18+/m1/s1. The smallest absolute Gasteiger partial charge is 0.186 e. The van der Waals surface area contributed by atoms with Crippen molar-refractivity contribution in [3.8, 4) is 0 Å². The first-order chi connectivity index (χ1) is 12.6. The van der Waals surface area contributed by atoms with E-state index in [1.165, 1.54) is 6.92 Å². The molecule has 27 heavy (non-hydrogen) atoms. The van der Waals surface area contributed by atoms with E-state index in [0.29, 0.717) is 12.8 Å². The first-order valence-corrected chi connectivity index (χ1v) is 9.39. The van der Waals surface area contributed by atoms with Crippen molar-refractivity contribution in [3.05, 3.63) is 11.1 Å². The number of carbonyl (C=O) groups excluding carboxylic acids is 1. The summed E-state index contributed by atoms with van der Waals surface area (Å²) in [6.07, 6.45) is -6.02. The topological polar surface area (TPSA) is 129 Å². The van der Waals surface area contributed by atoms with Gasteiger partial charge in [-0.05, 0) is 37.7 Å². The minimum atomic E-state index is -1.46. The molecule has 3 aliphatic rings. The summed E-state index contributed by atoms with van der Waals surface area (Å²) in [4.78, 5) is 11.6. The van der Waals surface area contributed by atoms with Crippen LogP contribution in [-0.2, 0) is 19.0 Å². The van der Waals surface area contributed by atoms with Crippen molar-refractivity contribution in [1.82, 2.24) is 0 Å². The average molecular weight is 386 g/mol. The number of epoxide rings is 1. The predicted octanol–water partition coefficient (Wildman–Crippen LogP) is -0.336. The second-order valence-electron chi connectivity index (χ2n) is 8.53. The van der Waals surface area contributed by atoms with Gasteiger partial charge in [0, 0.05) is 0 Å². The van der Waals surface area contributed by atoms with Crippen LogP contribution < -0.4 is 0 Å². The molecule has 0 aromatic heterocycles. The summed E-state index contributed by atoms with van der Waals surface area (Å²) in [5.74, 6) is 0.0239. The van der Waals surface area contributed by atoms with E-state index in [-0.39, 0.29) is 29.5 Å². The van der Waals surface area contributed by atoms with Gasteiger partial charge in [0.05, 0.1) is 12.7 Å². The lowest BCUT2D eigenvalue weighted by molar-refractivity contribution is -0.313. The zero-order chi connectivity index (χ0) is 20.1. The first kappa shape index (κ1) is 20.9. The lowest BCUT2D eigenvalue weighted by Gasteiger charge is -2.44. The highest BCUT2D eigenvalue weighted by Crippen LogP contribution is 2.49. The van der Waals surface area contributed by atoms with E-state index >= 15 is 0 Å². The lowest BCUT2D eigenvalue weighted by atomic mass is 9.70. The molecule has 3 rings (SSSR count). The molecule has 4 N–H and O–H groups in total. The van der Waals surface area contributed by atoms with Crippen LogP contribution in [0.2, 0.25) is 0 Å². The summed E-state index contributed by atoms with van der Waals surface area (Å²) in [5.41, 5.74) is 1.93. The Bertz CT molecular complexity index is 613. The van der Waals surface area contributed by atoms with Crippen LogP contribution in [0.3, 0.4) is 0 Å². The number of hydrogen-bond donors (Lipinski definition) is 4. The Balaban J connectivity index is 1.71.